The third-order valence-electron chi connectivity index (χ3n) is 14.6. The van der Waals surface area contributed by atoms with Gasteiger partial charge in [-0.1, -0.05) is 188 Å². The Morgan fingerprint density at radius 3 is 1.43 bits per heavy atom. The second-order valence-corrected chi connectivity index (χ2v) is 18.3. The Bertz CT molecular complexity index is 4250. The van der Waals surface area contributed by atoms with E-state index >= 15 is 0 Å². The zero-order chi connectivity index (χ0) is 45.9. The Balaban J connectivity index is 1.01. The van der Waals surface area contributed by atoms with E-state index in [4.69, 9.17) is 15.0 Å². The van der Waals surface area contributed by atoms with Crippen LogP contribution >= 0.6 is 0 Å². The number of para-hydroxylation sites is 4. The largest absolute Gasteiger partial charge is 0.332 e. The maximum absolute atomic E-state index is 5.35. The summed E-state index contributed by atoms with van der Waals surface area (Å²) >= 11 is 0. The molecule has 328 valence electrons. The molecule has 70 heavy (non-hydrogen) atoms. The number of benzene rings is 9. The third-order valence-corrected chi connectivity index (χ3v) is 14.6. The van der Waals surface area contributed by atoms with E-state index in [9.17, 15) is 0 Å². The molecule has 9 aromatic carbocycles. The lowest BCUT2D eigenvalue weighted by Gasteiger charge is -2.29. The van der Waals surface area contributed by atoms with Crippen molar-refractivity contribution in [2.75, 3.05) is 4.90 Å². The molecular weight excluding hydrogens is 855 g/mol. The van der Waals surface area contributed by atoms with Gasteiger partial charge in [0, 0.05) is 66.4 Å². The van der Waals surface area contributed by atoms with Crippen molar-refractivity contribution in [2.24, 2.45) is 0 Å². The summed E-state index contributed by atoms with van der Waals surface area (Å²) < 4.78 is 7.24. The number of aromatic nitrogens is 6. The molecule has 1 aliphatic heterocycles. The van der Waals surface area contributed by atoms with Crippen LogP contribution in [0.3, 0.4) is 0 Å². The van der Waals surface area contributed by atoms with Gasteiger partial charge in [-0.15, -0.1) is 0 Å². The van der Waals surface area contributed by atoms with E-state index in [1.807, 2.05) is 36.4 Å². The van der Waals surface area contributed by atoms with Crippen LogP contribution in [0.25, 0.3) is 106 Å². The minimum Gasteiger partial charge on any atom is -0.332 e. The van der Waals surface area contributed by atoms with Crippen molar-refractivity contribution in [1.29, 1.82) is 0 Å². The Hall–Kier alpha value is -9.33. The lowest BCUT2D eigenvalue weighted by molar-refractivity contribution is 0.744. The summed E-state index contributed by atoms with van der Waals surface area (Å²) in [6.45, 7) is 0. The van der Waals surface area contributed by atoms with Gasteiger partial charge in [-0.3, -0.25) is 4.57 Å². The Morgan fingerprint density at radius 1 is 0.343 bits per heavy atom. The monoisotopic (exact) mass is 895 g/mol. The SMILES string of the molecule is C1=CC2c3ccc4c5ccccc5n(-c5nc(-c6ccccc6)nc(-c6ccccc6)n5)c4c3N(c3cccc(-n4c5ccccc5c5ccc6c7ccccc7n(-c7ccccc7)c6c54)c3)C2C=C1. The van der Waals surface area contributed by atoms with E-state index in [2.05, 4.69) is 219 Å². The van der Waals surface area contributed by atoms with E-state index in [1.54, 1.807) is 0 Å². The molecule has 15 rings (SSSR count). The summed E-state index contributed by atoms with van der Waals surface area (Å²) in [6, 6.07) is 76.1. The molecule has 4 aromatic heterocycles. The topological polar surface area (TPSA) is 56.7 Å². The first-order chi connectivity index (χ1) is 34.8. The second kappa shape index (κ2) is 15.1. The van der Waals surface area contributed by atoms with Crippen molar-refractivity contribution in [2.45, 2.75) is 12.0 Å². The highest BCUT2D eigenvalue weighted by Gasteiger charge is 2.40. The Kier molecular flexibility index (Phi) is 8.35. The van der Waals surface area contributed by atoms with Crippen LogP contribution < -0.4 is 4.90 Å². The molecule has 2 unspecified atom stereocenters. The first-order valence-electron chi connectivity index (χ1n) is 24.0. The normalized spacial score (nSPS) is 15.3. The summed E-state index contributed by atoms with van der Waals surface area (Å²) in [6.07, 6.45) is 9.13. The Labute approximate surface area is 402 Å². The average Bonchev–Trinajstić information content (AvgIpc) is 4.17. The number of rotatable bonds is 6. The maximum atomic E-state index is 5.35. The van der Waals surface area contributed by atoms with Gasteiger partial charge in [0.15, 0.2) is 11.6 Å². The highest BCUT2D eigenvalue weighted by molar-refractivity contribution is 6.24. The van der Waals surface area contributed by atoms with E-state index in [1.165, 1.54) is 43.7 Å². The van der Waals surface area contributed by atoms with E-state index < -0.39 is 0 Å². The summed E-state index contributed by atoms with van der Waals surface area (Å²) in [5.74, 6) is 1.94. The van der Waals surface area contributed by atoms with Crippen LogP contribution in [0, 0.1) is 0 Å². The standard InChI is InChI=1S/C63H41N7/c1-4-19-40(20-5-1)61-64-62(41-21-6-2-7-22-41)66-63(65-61)70-56-34-17-13-30-48(56)52-38-37-51-47-29-12-16-33-55(47)69(59(51)60(52)70)44-26-18-25-43(39-44)68-54-32-15-11-28-46(54)50-36-35-49-45-27-10-14-31-53(45)67(57(49)58(50)68)42-23-8-3-9-24-42/h1-39,47,55H. The number of fused-ring (bicyclic) bond motifs is 14. The molecule has 5 heterocycles. The van der Waals surface area contributed by atoms with E-state index in [0.29, 0.717) is 17.6 Å². The second-order valence-electron chi connectivity index (χ2n) is 18.3. The predicted molar refractivity (Wildman–Crippen MR) is 287 cm³/mol. The third kappa shape index (κ3) is 5.60. The molecule has 0 saturated heterocycles. The number of nitrogens with zero attached hydrogens (tertiary/aromatic N) is 7. The quantitative estimate of drug-likeness (QED) is 0.167. The number of allylic oxidation sites excluding steroid dienone is 2. The van der Waals surface area contributed by atoms with Gasteiger partial charge in [0.05, 0.1) is 44.8 Å². The minimum absolute atomic E-state index is 0.0240. The zero-order valence-electron chi connectivity index (χ0n) is 37.8. The van der Waals surface area contributed by atoms with Crippen LogP contribution in [0.4, 0.5) is 11.4 Å². The van der Waals surface area contributed by atoms with E-state index in [-0.39, 0.29) is 12.0 Å². The van der Waals surface area contributed by atoms with Gasteiger partial charge in [-0.25, -0.2) is 4.98 Å². The zero-order valence-corrected chi connectivity index (χ0v) is 37.8. The molecule has 7 nitrogen and oxygen atoms in total. The smallest absolute Gasteiger partial charge is 0.238 e. The fraction of sp³-hybridized carbons (Fsp3) is 0.0317. The van der Waals surface area contributed by atoms with Crippen molar-refractivity contribution < 1.29 is 0 Å². The van der Waals surface area contributed by atoms with Crippen LogP contribution in [0.1, 0.15) is 11.5 Å². The van der Waals surface area contributed by atoms with Gasteiger partial charge in [-0.05, 0) is 54.1 Å². The number of hydrogen-bond acceptors (Lipinski definition) is 4. The first-order valence-corrected chi connectivity index (χ1v) is 24.0. The summed E-state index contributed by atoms with van der Waals surface area (Å²) in [5.41, 5.74) is 14.4. The molecule has 2 aliphatic rings. The first kappa shape index (κ1) is 38.7. The molecule has 2 atom stereocenters. The van der Waals surface area contributed by atoms with Gasteiger partial charge in [-0.2, -0.15) is 9.97 Å². The molecule has 0 spiro atoms. The van der Waals surface area contributed by atoms with Gasteiger partial charge < -0.3 is 14.0 Å². The van der Waals surface area contributed by atoms with Crippen LogP contribution in [-0.2, 0) is 0 Å². The molecule has 0 amide bonds. The van der Waals surface area contributed by atoms with Crippen molar-refractivity contribution >= 4 is 76.8 Å². The van der Waals surface area contributed by atoms with Crippen molar-refractivity contribution in [1.82, 2.24) is 28.7 Å². The van der Waals surface area contributed by atoms with E-state index in [0.717, 1.165) is 61.2 Å². The van der Waals surface area contributed by atoms with Gasteiger partial charge in [0.2, 0.25) is 5.95 Å². The molecule has 13 aromatic rings. The van der Waals surface area contributed by atoms with Gasteiger partial charge in [0.1, 0.15) is 0 Å². The maximum Gasteiger partial charge on any atom is 0.238 e. The predicted octanol–water partition coefficient (Wildman–Crippen LogP) is 15.2. The fourth-order valence-electron chi connectivity index (χ4n) is 11.7. The molecular formula is C63H41N7. The van der Waals surface area contributed by atoms with Gasteiger partial charge in [0.25, 0.3) is 0 Å². The number of anilines is 2. The van der Waals surface area contributed by atoms with Crippen molar-refractivity contribution in [3.63, 3.8) is 0 Å². The van der Waals surface area contributed by atoms with Crippen LogP contribution in [-0.4, -0.2) is 34.7 Å². The minimum atomic E-state index is 0.0240. The lowest BCUT2D eigenvalue weighted by Crippen LogP contribution is -2.28. The van der Waals surface area contributed by atoms with Crippen molar-refractivity contribution in [3.05, 3.63) is 242 Å². The molecule has 0 saturated carbocycles. The number of hydrogen-bond donors (Lipinski definition) is 0. The molecule has 0 N–H and O–H groups in total. The summed E-state index contributed by atoms with van der Waals surface area (Å²) in [5, 5.41) is 7.17. The van der Waals surface area contributed by atoms with Crippen LogP contribution in [0.5, 0.6) is 0 Å². The molecule has 0 bridgehead atoms. The van der Waals surface area contributed by atoms with Crippen LogP contribution in [0.15, 0.2) is 237 Å². The highest BCUT2D eigenvalue weighted by atomic mass is 15.2. The molecule has 7 heteroatoms. The molecule has 0 radical (unpaired) electrons. The average molecular weight is 896 g/mol. The summed E-state index contributed by atoms with van der Waals surface area (Å²) in [7, 11) is 0. The fourth-order valence-corrected chi connectivity index (χ4v) is 11.7. The van der Waals surface area contributed by atoms with Crippen molar-refractivity contribution in [3.8, 4) is 40.1 Å². The lowest BCUT2D eigenvalue weighted by atomic mass is 9.91. The molecule has 1 aliphatic carbocycles. The Morgan fingerprint density at radius 2 is 0.814 bits per heavy atom. The molecule has 0 fully saturated rings. The van der Waals surface area contributed by atoms with Crippen LogP contribution in [0.2, 0.25) is 0 Å². The summed E-state index contributed by atoms with van der Waals surface area (Å²) in [4.78, 5) is 18.4. The van der Waals surface area contributed by atoms with Gasteiger partial charge >= 0.3 is 0 Å². The highest BCUT2D eigenvalue weighted by Crippen LogP contribution is 2.53.